The lowest BCUT2D eigenvalue weighted by molar-refractivity contribution is -0.0324. The van der Waals surface area contributed by atoms with Crippen LogP contribution in [0.4, 0.5) is 0 Å². The van der Waals surface area contributed by atoms with E-state index in [1.165, 1.54) is 18.6 Å². The predicted molar refractivity (Wildman–Crippen MR) is 62.7 cm³/mol. The van der Waals surface area contributed by atoms with Crippen LogP contribution in [0.3, 0.4) is 0 Å². The minimum atomic E-state index is 0.553. The van der Waals surface area contributed by atoms with Crippen molar-refractivity contribution in [3.05, 3.63) is 0 Å². The van der Waals surface area contributed by atoms with E-state index >= 15 is 0 Å². The largest absolute Gasteiger partial charge is 0.376 e. The first kappa shape index (κ1) is 10.8. The maximum Gasteiger partial charge on any atom is 0.0727 e. The molecule has 0 radical (unpaired) electrons. The number of fused-ring (bicyclic) bond motifs is 1. The van der Waals surface area contributed by atoms with E-state index in [1.54, 1.807) is 0 Å². The van der Waals surface area contributed by atoms with Gasteiger partial charge < -0.3 is 4.74 Å². The van der Waals surface area contributed by atoms with Crippen LogP contribution >= 0.6 is 11.8 Å². The first-order valence-corrected chi connectivity index (χ1v) is 6.98. The molecule has 1 heterocycles. The number of hydrogen-bond donors (Lipinski definition) is 0. The van der Waals surface area contributed by atoms with Gasteiger partial charge in [-0.3, -0.25) is 0 Å². The first-order valence-electron chi connectivity index (χ1n) is 5.93. The zero-order valence-electron chi connectivity index (χ0n) is 9.53. The van der Waals surface area contributed by atoms with Crippen molar-refractivity contribution in [3.63, 3.8) is 0 Å². The Morgan fingerprint density at radius 3 is 2.79 bits per heavy atom. The van der Waals surface area contributed by atoms with Crippen LogP contribution in [-0.2, 0) is 4.74 Å². The van der Waals surface area contributed by atoms with Crippen molar-refractivity contribution in [2.75, 3.05) is 12.4 Å². The third kappa shape index (κ3) is 1.96. The summed E-state index contributed by atoms with van der Waals surface area (Å²) in [6.45, 7) is 8.07. The summed E-state index contributed by atoms with van der Waals surface area (Å²) in [6.07, 6.45) is 3.33. The molecule has 82 valence electrons. The molecule has 2 fully saturated rings. The maximum atomic E-state index is 6.01. The second kappa shape index (κ2) is 4.44. The summed E-state index contributed by atoms with van der Waals surface area (Å²) >= 11 is 2.15. The number of hydrogen-bond acceptors (Lipinski definition) is 2. The molecule has 2 heteroatoms. The molecule has 1 nitrogen and oxygen atoms in total. The van der Waals surface area contributed by atoms with E-state index < -0.39 is 0 Å². The van der Waals surface area contributed by atoms with Gasteiger partial charge in [-0.25, -0.2) is 0 Å². The molecule has 0 aromatic rings. The lowest BCUT2D eigenvalue weighted by Gasteiger charge is -2.45. The Bertz CT molecular complexity index is 191. The standard InChI is InChI=1S/C12H22OS/c1-8(2)10-5-4-9(3)12-11(10)13-6-7-14-12/h8-12H,4-7H2,1-3H3/t9-,10+,11?,12?/m1/s1. The van der Waals surface area contributed by atoms with Crippen LogP contribution in [-0.4, -0.2) is 23.7 Å². The SMILES string of the molecule is CC(C)[C@@H]1CC[C@@H](C)C2SCCOC21. The van der Waals surface area contributed by atoms with Gasteiger partial charge in [-0.15, -0.1) is 0 Å². The van der Waals surface area contributed by atoms with Crippen molar-refractivity contribution in [3.8, 4) is 0 Å². The Labute approximate surface area is 92.0 Å². The second-order valence-corrected chi connectivity index (χ2v) is 6.42. The molecule has 0 amide bonds. The van der Waals surface area contributed by atoms with Crippen molar-refractivity contribution in [1.82, 2.24) is 0 Å². The highest BCUT2D eigenvalue weighted by atomic mass is 32.2. The molecule has 1 aliphatic heterocycles. The second-order valence-electron chi connectivity index (χ2n) is 5.13. The van der Waals surface area contributed by atoms with Gasteiger partial charge in [0.25, 0.3) is 0 Å². The fraction of sp³-hybridized carbons (Fsp3) is 1.00. The van der Waals surface area contributed by atoms with Crippen molar-refractivity contribution >= 4 is 11.8 Å². The lowest BCUT2D eigenvalue weighted by Crippen LogP contribution is -2.47. The van der Waals surface area contributed by atoms with Crippen LogP contribution in [0.25, 0.3) is 0 Å². The van der Waals surface area contributed by atoms with Gasteiger partial charge in [0.05, 0.1) is 12.7 Å². The summed E-state index contributed by atoms with van der Waals surface area (Å²) in [5, 5.41) is 0.782. The van der Waals surface area contributed by atoms with Crippen molar-refractivity contribution in [2.24, 2.45) is 17.8 Å². The highest BCUT2D eigenvalue weighted by Gasteiger charge is 2.41. The summed E-state index contributed by atoms with van der Waals surface area (Å²) in [5.41, 5.74) is 0. The molecule has 0 spiro atoms. The third-order valence-electron chi connectivity index (χ3n) is 3.82. The molecule has 4 atom stereocenters. The zero-order chi connectivity index (χ0) is 10.1. The summed E-state index contributed by atoms with van der Waals surface area (Å²) < 4.78 is 6.01. The molecular weight excluding hydrogens is 192 g/mol. The summed E-state index contributed by atoms with van der Waals surface area (Å²) in [4.78, 5) is 0. The van der Waals surface area contributed by atoms with Crippen molar-refractivity contribution in [1.29, 1.82) is 0 Å². The maximum absolute atomic E-state index is 6.01. The average Bonchev–Trinajstić information content (AvgIpc) is 2.18. The number of ether oxygens (including phenoxy) is 1. The Hall–Kier alpha value is 0.310. The quantitative estimate of drug-likeness (QED) is 0.663. The van der Waals surface area contributed by atoms with E-state index in [0.717, 1.165) is 29.6 Å². The molecule has 2 unspecified atom stereocenters. The van der Waals surface area contributed by atoms with Crippen LogP contribution in [0, 0.1) is 17.8 Å². The highest BCUT2D eigenvalue weighted by Crippen LogP contribution is 2.43. The van der Waals surface area contributed by atoms with E-state index in [-0.39, 0.29) is 0 Å². The predicted octanol–water partition coefficient (Wildman–Crippen LogP) is 3.19. The van der Waals surface area contributed by atoms with E-state index in [0.29, 0.717) is 6.10 Å². The van der Waals surface area contributed by atoms with E-state index in [1.807, 2.05) is 0 Å². The summed E-state index contributed by atoms with van der Waals surface area (Å²) in [6, 6.07) is 0. The Balaban J connectivity index is 2.08. The van der Waals surface area contributed by atoms with E-state index in [4.69, 9.17) is 4.74 Å². The molecule has 2 aliphatic rings. The van der Waals surface area contributed by atoms with Gasteiger partial charge in [0.2, 0.25) is 0 Å². The molecule has 0 bridgehead atoms. The molecule has 1 saturated heterocycles. The fourth-order valence-corrected chi connectivity index (χ4v) is 4.31. The molecule has 1 saturated carbocycles. The Morgan fingerprint density at radius 2 is 2.07 bits per heavy atom. The van der Waals surface area contributed by atoms with Gasteiger partial charge in [0.15, 0.2) is 0 Å². The van der Waals surface area contributed by atoms with Crippen LogP contribution in [0.1, 0.15) is 33.6 Å². The molecule has 1 aliphatic carbocycles. The lowest BCUT2D eigenvalue weighted by atomic mass is 9.75. The van der Waals surface area contributed by atoms with Crippen LogP contribution in [0.2, 0.25) is 0 Å². The molecular formula is C12H22OS. The van der Waals surface area contributed by atoms with Crippen LogP contribution in [0.15, 0.2) is 0 Å². The Kier molecular flexibility index (Phi) is 3.43. The molecule has 0 aromatic carbocycles. The highest BCUT2D eigenvalue weighted by molar-refractivity contribution is 8.00. The van der Waals surface area contributed by atoms with Crippen molar-refractivity contribution < 1.29 is 4.74 Å². The monoisotopic (exact) mass is 214 g/mol. The third-order valence-corrected chi connectivity index (χ3v) is 5.34. The van der Waals surface area contributed by atoms with Gasteiger partial charge in [-0.2, -0.15) is 11.8 Å². The van der Waals surface area contributed by atoms with E-state index in [2.05, 4.69) is 32.5 Å². The minimum absolute atomic E-state index is 0.553. The molecule has 2 rings (SSSR count). The Morgan fingerprint density at radius 1 is 1.29 bits per heavy atom. The molecule has 0 aromatic heterocycles. The summed E-state index contributed by atoms with van der Waals surface area (Å²) in [5.74, 6) is 3.66. The topological polar surface area (TPSA) is 9.23 Å². The van der Waals surface area contributed by atoms with Gasteiger partial charge >= 0.3 is 0 Å². The zero-order valence-corrected chi connectivity index (χ0v) is 10.3. The minimum Gasteiger partial charge on any atom is -0.376 e. The van der Waals surface area contributed by atoms with Crippen molar-refractivity contribution in [2.45, 2.75) is 45.0 Å². The summed E-state index contributed by atoms with van der Waals surface area (Å²) in [7, 11) is 0. The van der Waals surface area contributed by atoms with Gasteiger partial charge in [-0.05, 0) is 30.6 Å². The normalized spacial score (nSPS) is 43.7. The number of thioether (sulfide) groups is 1. The average molecular weight is 214 g/mol. The van der Waals surface area contributed by atoms with Gasteiger partial charge in [-0.1, -0.05) is 20.8 Å². The van der Waals surface area contributed by atoms with Crippen LogP contribution in [0.5, 0.6) is 0 Å². The van der Waals surface area contributed by atoms with Crippen LogP contribution < -0.4 is 0 Å². The molecule has 0 N–H and O–H groups in total. The fourth-order valence-electron chi connectivity index (χ4n) is 2.91. The molecule has 14 heavy (non-hydrogen) atoms. The number of rotatable bonds is 1. The van der Waals surface area contributed by atoms with Gasteiger partial charge in [0.1, 0.15) is 0 Å². The van der Waals surface area contributed by atoms with E-state index in [9.17, 15) is 0 Å². The van der Waals surface area contributed by atoms with Gasteiger partial charge in [0, 0.05) is 11.0 Å². The first-order chi connectivity index (χ1) is 6.70. The smallest absolute Gasteiger partial charge is 0.0727 e.